The molecule has 0 aliphatic rings. The van der Waals surface area contributed by atoms with Crippen LogP contribution in [0.4, 0.5) is 5.82 Å². The molecule has 2 aromatic carbocycles. The van der Waals surface area contributed by atoms with Crippen LogP contribution in [0.3, 0.4) is 0 Å². The third-order valence-corrected chi connectivity index (χ3v) is 4.09. The fraction of sp³-hybridized carbons (Fsp3) is 0. The highest BCUT2D eigenvalue weighted by Crippen LogP contribution is 2.19. The second-order valence-electron chi connectivity index (χ2n) is 4.16. The van der Waals surface area contributed by atoms with Crippen LogP contribution in [-0.4, -0.2) is 18.6 Å². The lowest BCUT2D eigenvalue weighted by Crippen LogP contribution is -2.29. The van der Waals surface area contributed by atoms with E-state index in [1.54, 1.807) is 18.2 Å². The number of sulfonamides is 1. The Bertz CT molecular complexity index is 828. The third-order valence-electron chi connectivity index (χ3n) is 2.83. The maximum atomic E-state index is 12.1. The number of nitrogens with one attached hydrogen (secondary N) is 3. The number of benzene rings is 2. The normalized spacial score (nSPS) is 11.6. The van der Waals surface area contributed by atoms with Gasteiger partial charge in [0.25, 0.3) is 10.0 Å². The summed E-state index contributed by atoms with van der Waals surface area (Å²) < 4.78 is 24.1. The van der Waals surface area contributed by atoms with Crippen LogP contribution in [0.25, 0.3) is 10.9 Å². The van der Waals surface area contributed by atoms with Gasteiger partial charge >= 0.3 is 0 Å². The Balaban J connectivity index is 1.83. The number of hydrogen-bond donors (Lipinski definition) is 3. The lowest BCUT2D eigenvalue weighted by molar-refractivity contribution is 0.587. The number of H-pyrrole nitrogens is 1. The largest absolute Gasteiger partial charge is 0.290 e. The Kier molecular flexibility index (Phi) is 3.13. The SMILES string of the molecule is O=S(=O)(NNc1n[nH]c2ccccc12)c1ccccc1. The molecule has 0 aliphatic carbocycles. The van der Waals surface area contributed by atoms with Gasteiger partial charge in [-0.2, -0.15) is 5.10 Å². The Morgan fingerprint density at radius 3 is 2.45 bits per heavy atom. The van der Waals surface area contributed by atoms with Gasteiger partial charge in [-0.25, -0.2) is 8.42 Å². The van der Waals surface area contributed by atoms with Crippen molar-refractivity contribution in [2.75, 3.05) is 5.43 Å². The molecule has 6 nitrogen and oxygen atoms in total. The molecule has 1 heterocycles. The zero-order valence-corrected chi connectivity index (χ0v) is 11.2. The van der Waals surface area contributed by atoms with Crippen molar-refractivity contribution in [2.24, 2.45) is 0 Å². The minimum absolute atomic E-state index is 0.187. The number of hydrazine groups is 1. The maximum absolute atomic E-state index is 12.1. The van der Waals surface area contributed by atoms with Crippen molar-refractivity contribution in [2.45, 2.75) is 4.90 Å². The molecular formula is C13H12N4O2S. The highest BCUT2D eigenvalue weighted by molar-refractivity contribution is 7.89. The minimum Gasteiger partial charge on any atom is -0.290 e. The van der Waals surface area contributed by atoms with Gasteiger partial charge in [0.05, 0.1) is 10.4 Å². The number of anilines is 1. The molecule has 0 unspecified atom stereocenters. The first-order valence-electron chi connectivity index (χ1n) is 5.93. The Morgan fingerprint density at radius 1 is 0.950 bits per heavy atom. The molecule has 3 N–H and O–H groups in total. The van der Waals surface area contributed by atoms with Crippen LogP contribution in [0.2, 0.25) is 0 Å². The molecule has 0 aliphatic heterocycles. The van der Waals surface area contributed by atoms with Gasteiger partial charge < -0.3 is 0 Å². The van der Waals surface area contributed by atoms with Gasteiger partial charge in [0, 0.05) is 5.39 Å². The van der Waals surface area contributed by atoms with Crippen molar-refractivity contribution in [1.82, 2.24) is 15.0 Å². The zero-order chi connectivity index (χ0) is 14.0. The van der Waals surface area contributed by atoms with E-state index in [-0.39, 0.29) is 4.90 Å². The van der Waals surface area contributed by atoms with Crippen molar-refractivity contribution < 1.29 is 8.42 Å². The quantitative estimate of drug-likeness (QED) is 0.640. The van der Waals surface area contributed by atoms with E-state index in [1.807, 2.05) is 24.3 Å². The van der Waals surface area contributed by atoms with Crippen LogP contribution in [0.15, 0.2) is 59.5 Å². The van der Waals surface area contributed by atoms with Crippen LogP contribution in [0.5, 0.6) is 0 Å². The Labute approximate surface area is 115 Å². The molecule has 3 aromatic rings. The van der Waals surface area contributed by atoms with Gasteiger partial charge in [-0.1, -0.05) is 30.3 Å². The summed E-state index contributed by atoms with van der Waals surface area (Å²) in [5.74, 6) is 0.431. The number of aromatic nitrogens is 2. The van der Waals surface area contributed by atoms with E-state index in [0.29, 0.717) is 5.82 Å². The number of fused-ring (bicyclic) bond motifs is 1. The second kappa shape index (κ2) is 4.95. The summed E-state index contributed by atoms with van der Waals surface area (Å²) >= 11 is 0. The second-order valence-corrected chi connectivity index (χ2v) is 5.84. The molecule has 0 amide bonds. The zero-order valence-electron chi connectivity index (χ0n) is 10.4. The fourth-order valence-corrected chi connectivity index (χ4v) is 2.70. The van der Waals surface area contributed by atoms with Gasteiger partial charge in [-0.15, -0.1) is 4.83 Å². The summed E-state index contributed by atoms with van der Waals surface area (Å²) in [6.45, 7) is 0. The summed E-state index contributed by atoms with van der Waals surface area (Å²) in [5.41, 5.74) is 3.45. The lowest BCUT2D eigenvalue weighted by atomic mass is 10.2. The van der Waals surface area contributed by atoms with Crippen molar-refractivity contribution in [3.8, 4) is 0 Å². The van der Waals surface area contributed by atoms with Gasteiger partial charge in [0.15, 0.2) is 5.82 Å². The summed E-state index contributed by atoms with van der Waals surface area (Å²) in [6.07, 6.45) is 0. The first kappa shape index (κ1) is 12.6. The number of para-hydroxylation sites is 1. The van der Waals surface area contributed by atoms with Gasteiger partial charge in [-0.05, 0) is 24.3 Å². The Morgan fingerprint density at radius 2 is 1.65 bits per heavy atom. The van der Waals surface area contributed by atoms with Crippen LogP contribution in [0.1, 0.15) is 0 Å². The highest BCUT2D eigenvalue weighted by Gasteiger charge is 2.14. The molecule has 0 bridgehead atoms. The molecule has 0 spiro atoms. The first-order valence-corrected chi connectivity index (χ1v) is 7.41. The van der Waals surface area contributed by atoms with E-state index in [9.17, 15) is 8.42 Å². The first-order chi connectivity index (χ1) is 9.67. The van der Waals surface area contributed by atoms with Crippen LogP contribution < -0.4 is 10.3 Å². The van der Waals surface area contributed by atoms with Crippen molar-refractivity contribution in [3.05, 3.63) is 54.6 Å². The molecule has 1 aromatic heterocycles. The smallest absolute Gasteiger partial charge is 0.257 e. The third kappa shape index (κ3) is 2.36. The molecule has 0 saturated carbocycles. The number of rotatable bonds is 4. The fourth-order valence-electron chi connectivity index (χ4n) is 1.83. The average molecular weight is 288 g/mol. The van der Waals surface area contributed by atoms with E-state index < -0.39 is 10.0 Å². The summed E-state index contributed by atoms with van der Waals surface area (Å²) in [4.78, 5) is 2.50. The Hall–Kier alpha value is -2.38. The van der Waals surface area contributed by atoms with Gasteiger partial charge in [0.1, 0.15) is 0 Å². The molecule has 3 rings (SSSR count). The van der Waals surface area contributed by atoms with Crippen molar-refractivity contribution in [1.29, 1.82) is 0 Å². The van der Waals surface area contributed by atoms with Gasteiger partial charge in [0.2, 0.25) is 0 Å². The predicted octanol–water partition coefficient (Wildman–Crippen LogP) is 1.87. The number of hydrogen-bond acceptors (Lipinski definition) is 4. The van der Waals surface area contributed by atoms with E-state index in [0.717, 1.165) is 10.9 Å². The van der Waals surface area contributed by atoms with E-state index in [4.69, 9.17) is 0 Å². The molecule has 7 heteroatoms. The molecule has 20 heavy (non-hydrogen) atoms. The summed E-state index contributed by atoms with van der Waals surface area (Å²) in [5, 5.41) is 7.65. The van der Waals surface area contributed by atoms with Crippen molar-refractivity contribution >= 4 is 26.7 Å². The summed E-state index contributed by atoms with van der Waals surface area (Å²) in [6, 6.07) is 15.6. The van der Waals surface area contributed by atoms with E-state index in [2.05, 4.69) is 20.5 Å². The van der Waals surface area contributed by atoms with Crippen LogP contribution in [-0.2, 0) is 10.0 Å². The van der Waals surface area contributed by atoms with E-state index >= 15 is 0 Å². The average Bonchev–Trinajstić information content (AvgIpc) is 2.89. The molecule has 0 saturated heterocycles. The van der Waals surface area contributed by atoms with E-state index in [1.165, 1.54) is 12.1 Å². The van der Waals surface area contributed by atoms with Crippen molar-refractivity contribution in [3.63, 3.8) is 0 Å². The number of aromatic amines is 1. The molecule has 0 fully saturated rings. The monoisotopic (exact) mass is 288 g/mol. The standard InChI is InChI=1S/C13H12N4O2S/c18-20(19,10-6-2-1-3-7-10)17-16-13-11-8-4-5-9-12(11)14-15-13/h1-9,17H,(H2,14,15,16). The molecule has 0 radical (unpaired) electrons. The highest BCUT2D eigenvalue weighted by atomic mass is 32.2. The summed E-state index contributed by atoms with van der Waals surface area (Å²) in [7, 11) is -3.62. The predicted molar refractivity (Wildman–Crippen MR) is 76.5 cm³/mol. The topological polar surface area (TPSA) is 86.9 Å². The van der Waals surface area contributed by atoms with Crippen LogP contribution in [0, 0.1) is 0 Å². The number of nitrogens with zero attached hydrogens (tertiary/aromatic N) is 1. The maximum Gasteiger partial charge on any atom is 0.257 e. The lowest BCUT2D eigenvalue weighted by Gasteiger charge is -2.07. The minimum atomic E-state index is -3.62. The molecule has 102 valence electrons. The van der Waals surface area contributed by atoms with Gasteiger partial charge in [-0.3, -0.25) is 10.5 Å². The molecule has 0 atom stereocenters. The molecular weight excluding hydrogens is 276 g/mol. The van der Waals surface area contributed by atoms with Crippen LogP contribution >= 0.6 is 0 Å².